The number of aliphatic imine (C=N–C) groups is 1. The van der Waals surface area contributed by atoms with E-state index in [0.717, 1.165) is 44.5 Å². The molecule has 0 radical (unpaired) electrons. The van der Waals surface area contributed by atoms with Crippen molar-refractivity contribution in [3.05, 3.63) is 29.6 Å². The standard InChI is InChI=1S/C21H35N5.HI/c1-3-23-21(24-11-8-20-7-10-22-15-18(20)2)26-14-9-19(17-26)16-25-12-5-4-6-13-25;/h7,10,15,19H,3-6,8-9,11-14,16-17H2,1-2H3,(H,23,24);1H. The maximum Gasteiger partial charge on any atom is 0.193 e. The average molecular weight is 485 g/mol. The van der Waals surface area contributed by atoms with Crippen LogP contribution >= 0.6 is 24.0 Å². The number of rotatable bonds is 6. The van der Waals surface area contributed by atoms with Gasteiger partial charge in [0.1, 0.15) is 0 Å². The summed E-state index contributed by atoms with van der Waals surface area (Å²) in [6.07, 6.45) is 10.3. The monoisotopic (exact) mass is 485 g/mol. The molecule has 1 N–H and O–H groups in total. The summed E-state index contributed by atoms with van der Waals surface area (Å²) in [7, 11) is 0. The molecule has 0 amide bonds. The maximum absolute atomic E-state index is 4.91. The van der Waals surface area contributed by atoms with E-state index in [0.29, 0.717) is 0 Å². The SMILES string of the molecule is CCNC(=NCCc1ccncc1C)N1CCC(CN2CCCCC2)C1.I. The van der Waals surface area contributed by atoms with Gasteiger partial charge in [0.15, 0.2) is 5.96 Å². The molecule has 2 fully saturated rings. The third kappa shape index (κ3) is 6.89. The summed E-state index contributed by atoms with van der Waals surface area (Å²) >= 11 is 0. The van der Waals surface area contributed by atoms with Crippen LogP contribution in [0, 0.1) is 12.8 Å². The predicted octanol–water partition coefficient (Wildman–Crippen LogP) is 3.32. The highest BCUT2D eigenvalue weighted by Gasteiger charge is 2.26. The Morgan fingerprint density at radius 2 is 2.07 bits per heavy atom. The lowest BCUT2D eigenvalue weighted by Crippen LogP contribution is -2.41. The van der Waals surface area contributed by atoms with Crippen molar-refractivity contribution in [2.24, 2.45) is 10.9 Å². The normalized spacial score (nSPS) is 21.2. The molecule has 1 atom stereocenters. The Balaban J connectivity index is 0.00000261. The number of aryl methyl sites for hydroxylation is 1. The number of guanidine groups is 1. The average Bonchev–Trinajstić information content (AvgIpc) is 3.12. The van der Waals surface area contributed by atoms with Crippen molar-refractivity contribution in [1.29, 1.82) is 0 Å². The van der Waals surface area contributed by atoms with Crippen molar-refractivity contribution in [3.8, 4) is 0 Å². The number of hydrogen-bond acceptors (Lipinski definition) is 3. The number of aromatic nitrogens is 1. The van der Waals surface area contributed by atoms with E-state index in [1.807, 2.05) is 12.4 Å². The Labute approximate surface area is 182 Å². The lowest BCUT2D eigenvalue weighted by molar-refractivity contribution is 0.198. The van der Waals surface area contributed by atoms with Crippen molar-refractivity contribution in [1.82, 2.24) is 20.1 Å². The van der Waals surface area contributed by atoms with E-state index in [-0.39, 0.29) is 24.0 Å². The van der Waals surface area contributed by atoms with Crippen molar-refractivity contribution < 1.29 is 0 Å². The number of pyridine rings is 1. The molecule has 2 aliphatic rings. The molecular formula is C21H36IN5. The summed E-state index contributed by atoms with van der Waals surface area (Å²) < 4.78 is 0. The van der Waals surface area contributed by atoms with Crippen LogP contribution < -0.4 is 5.32 Å². The highest BCUT2D eigenvalue weighted by atomic mass is 127. The number of nitrogens with zero attached hydrogens (tertiary/aromatic N) is 4. The molecule has 0 aliphatic carbocycles. The fourth-order valence-corrected chi connectivity index (χ4v) is 4.17. The molecule has 0 spiro atoms. The second-order valence-corrected chi connectivity index (χ2v) is 7.75. The fourth-order valence-electron chi connectivity index (χ4n) is 4.17. The molecule has 27 heavy (non-hydrogen) atoms. The van der Waals surface area contributed by atoms with Crippen molar-refractivity contribution in [2.45, 2.75) is 46.0 Å². The first-order valence-corrected chi connectivity index (χ1v) is 10.4. The molecule has 2 aliphatic heterocycles. The van der Waals surface area contributed by atoms with Crippen LogP contribution in [0.25, 0.3) is 0 Å². The van der Waals surface area contributed by atoms with Crippen molar-refractivity contribution in [3.63, 3.8) is 0 Å². The number of halogens is 1. The Morgan fingerprint density at radius 3 is 2.81 bits per heavy atom. The second-order valence-electron chi connectivity index (χ2n) is 7.75. The van der Waals surface area contributed by atoms with Crippen LogP contribution in [0.15, 0.2) is 23.5 Å². The van der Waals surface area contributed by atoms with E-state index in [4.69, 9.17) is 4.99 Å². The molecule has 2 saturated heterocycles. The van der Waals surface area contributed by atoms with Gasteiger partial charge in [-0.3, -0.25) is 9.98 Å². The van der Waals surface area contributed by atoms with Gasteiger partial charge in [0.2, 0.25) is 0 Å². The maximum atomic E-state index is 4.91. The number of likely N-dealkylation sites (tertiary alicyclic amines) is 2. The zero-order valence-electron chi connectivity index (χ0n) is 17.0. The zero-order chi connectivity index (χ0) is 18.2. The second kappa shape index (κ2) is 11.8. The van der Waals surface area contributed by atoms with Crippen LogP contribution in [-0.4, -0.2) is 66.6 Å². The molecule has 3 heterocycles. The smallest absolute Gasteiger partial charge is 0.193 e. The minimum atomic E-state index is 0. The molecule has 1 unspecified atom stereocenters. The summed E-state index contributed by atoms with van der Waals surface area (Å²) in [6.45, 7) is 12.2. The predicted molar refractivity (Wildman–Crippen MR) is 124 cm³/mol. The minimum Gasteiger partial charge on any atom is -0.357 e. The molecule has 0 aromatic carbocycles. The fraction of sp³-hybridized carbons (Fsp3) is 0.714. The van der Waals surface area contributed by atoms with E-state index >= 15 is 0 Å². The van der Waals surface area contributed by atoms with E-state index < -0.39 is 0 Å². The van der Waals surface area contributed by atoms with Gasteiger partial charge in [0.25, 0.3) is 0 Å². The quantitative estimate of drug-likeness (QED) is 0.382. The third-order valence-electron chi connectivity index (χ3n) is 5.66. The Kier molecular flexibility index (Phi) is 9.82. The van der Waals surface area contributed by atoms with Crippen molar-refractivity contribution in [2.75, 3.05) is 45.8 Å². The Bertz CT molecular complexity index is 586. The first-order valence-electron chi connectivity index (χ1n) is 10.4. The number of nitrogens with one attached hydrogen (secondary N) is 1. The summed E-state index contributed by atoms with van der Waals surface area (Å²) in [5.74, 6) is 1.89. The molecule has 0 saturated carbocycles. The molecule has 0 bridgehead atoms. The molecule has 6 heteroatoms. The highest BCUT2D eigenvalue weighted by Crippen LogP contribution is 2.20. The molecular weight excluding hydrogens is 449 g/mol. The van der Waals surface area contributed by atoms with Gasteiger partial charge < -0.3 is 15.1 Å². The van der Waals surface area contributed by atoms with Gasteiger partial charge in [0.05, 0.1) is 0 Å². The first kappa shape index (κ1) is 22.4. The lowest BCUT2D eigenvalue weighted by atomic mass is 10.1. The van der Waals surface area contributed by atoms with Crippen LogP contribution in [0.3, 0.4) is 0 Å². The summed E-state index contributed by atoms with van der Waals surface area (Å²) in [5, 5.41) is 3.50. The molecule has 5 nitrogen and oxygen atoms in total. The summed E-state index contributed by atoms with van der Waals surface area (Å²) in [5.41, 5.74) is 2.61. The molecule has 1 aromatic rings. The Morgan fingerprint density at radius 1 is 1.26 bits per heavy atom. The van der Waals surface area contributed by atoms with Gasteiger partial charge in [-0.25, -0.2) is 0 Å². The van der Waals surface area contributed by atoms with Gasteiger partial charge in [-0.1, -0.05) is 6.42 Å². The molecule has 3 rings (SSSR count). The summed E-state index contributed by atoms with van der Waals surface area (Å²) in [6, 6.07) is 2.11. The zero-order valence-corrected chi connectivity index (χ0v) is 19.3. The minimum absolute atomic E-state index is 0. The van der Waals surface area contributed by atoms with E-state index in [9.17, 15) is 0 Å². The van der Waals surface area contributed by atoms with Gasteiger partial charge >= 0.3 is 0 Å². The van der Waals surface area contributed by atoms with Crippen LogP contribution in [0.2, 0.25) is 0 Å². The van der Waals surface area contributed by atoms with Crippen LogP contribution in [0.1, 0.15) is 43.7 Å². The lowest BCUT2D eigenvalue weighted by Gasteiger charge is -2.29. The van der Waals surface area contributed by atoms with Gasteiger partial charge in [-0.05, 0) is 75.7 Å². The van der Waals surface area contributed by atoms with Gasteiger partial charge in [-0.15, -0.1) is 24.0 Å². The van der Waals surface area contributed by atoms with Crippen LogP contribution in [-0.2, 0) is 6.42 Å². The Hall–Kier alpha value is -0.890. The van der Waals surface area contributed by atoms with Crippen LogP contribution in [0.5, 0.6) is 0 Å². The third-order valence-corrected chi connectivity index (χ3v) is 5.66. The van der Waals surface area contributed by atoms with E-state index in [1.54, 1.807) is 0 Å². The first-order chi connectivity index (χ1) is 12.8. The molecule has 152 valence electrons. The topological polar surface area (TPSA) is 43.8 Å². The number of piperidine rings is 1. The highest BCUT2D eigenvalue weighted by molar-refractivity contribution is 14.0. The van der Waals surface area contributed by atoms with E-state index in [1.165, 1.54) is 56.4 Å². The van der Waals surface area contributed by atoms with Gasteiger partial charge in [-0.2, -0.15) is 0 Å². The van der Waals surface area contributed by atoms with E-state index in [2.05, 4.69) is 40.0 Å². The largest absolute Gasteiger partial charge is 0.357 e. The summed E-state index contributed by atoms with van der Waals surface area (Å²) in [4.78, 5) is 14.2. The van der Waals surface area contributed by atoms with Gasteiger partial charge in [0, 0.05) is 45.1 Å². The van der Waals surface area contributed by atoms with Crippen LogP contribution in [0.4, 0.5) is 0 Å². The number of hydrogen-bond donors (Lipinski definition) is 1. The van der Waals surface area contributed by atoms with Crippen molar-refractivity contribution >= 4 is 29.9 Å². The molecule has 1 aromatic heterocycles.